The van der Waals surface area contributed by atoms with Gasteiger partial charge in [-0.15, -0.1) is 0 Å². The summed E-state index contributed by atoms with van der Waals surface area (Å²) in [5.41, 5.74) is 0.268. The summed E-state index contributed by atoms with van der Waals surface area (Å²) in [4.78, 5) is 0. The van der Waals surface area contributed by atoms with Gasteiger partial charge in [-0.2, -0.15) is 13.2 Å². The fraction of sp³-hybridized carbons (Fsp3) is 0.143. The van der Waals surface area contributed by atoms with Crippen LogP contribution in [-0.4, -0.2) is 17.2 Å². The first kappa shape index (κ1) is 15.4. The number of rotatable bonds is 4. The van der Waals surface area contributed by atoms with Gasteiger partial charge in [-0.25, -0.2) is 0 Å². The number of ether oxygens (including phenoxy) is 1. The molecule has 0 saturated heterocycles. The third kappa shape index (κ3) is 4.24. The zero-order valence-electron chi connectivity index (χ0n) is 10.8. The Morgan fingerprint density at radius 3 is 2.24 bits per heavy atom. The molecule has 0 unspecified atom stereocenters. The van der Waals surface area contributed by atoms with Crippen molar-refractivity contribution in [2.24, 2.45) is 0 Å². The minimum atomic E-state index is -4.37. The molecule has 0 spiro atoms. The fourth-order valence-electron chi connectivity index (χ4n) is 1.75. The largest absolute Gasteiger partial charge is 0.489 e. The molecule has 7 heteroatoms. The van der Waals surface area contributed by atoms with E-state index >= 15 is 0 Å². The Hall–Kier alpha value is -1.99. The van der Waals surface area contributed by atoms with Crippen LogP contribution in [0.4, 0.5) is 13.2 Å². The van der Waals surface area contributed by atoms with Crippen LogP contribution in [0.5, 0.6) is 5.75 Å². The number of hydrogen-bond acceptors (Lipinski definition) is 3. The van der Waals surface area contributed by atoms with Crippen molar-refractivity contribution in [2.75, 3.05) is 0 Å². The van der Waals surface area contributed by atoms with Crippen LogP contribution in [-0.2, 0) is 12.8 Å². The van der Waals surface area contributed by atoms with Crippen LogP contribution in [0.2, 0.25) is 0 Å². The van der Waals surface area contributed by atoms with Crippen LogP contribution in [0, 0.1) is 0 Å². The van der Waals surface area contributed by atoms with E-state index in [9.17, 15) is 13.2 Å². The maximum atomic E-state index is 12.4. The number of halogens is 3. The summed E-state index contributed by atoms with van der Waals surface area (Å²) in [6.45, 7) is 0.117. The smallest absolute Gasteiger partial charge is 0.488 e. The Bertz CT molecular complexity index is 597. The molecule has 0 heterocycles. The summed E-state index contributed by atoms with van der Waals surface area (Å²) in [6, 6.07) is 10.8. The molecular weight excluding hydrogens is 284 g/mol. The number of hydrogen-bond donors (Lipinski definition) is 2. The quantitative estimate of drug-likeness (QED) is 0.848. The van der Waals surface area contributed by atoms with Crippen LogP contribution in [0.3, 0.4) is 0 Å². The van der Waals surface area contributed by atoms with Gasteiger partial charge in [0.1, 0.15) is 12.4 Å². The Morgan fingerprint density at radius 1 is 1.00 bits per heavy atom. The van der Waals surface area contributed by atoms with Gasteiger partial charge in [0, 0.05) is 0 Å². The maximum Gasteiger partial charge on any atom is 0.488 e. The van der Waals surface area contributed by atoms with E-state index < -0.39 is 18.9 Å². The predicted molar refractivity (Wildman–Crippen MR) is 72.0 cm³/mol. The monoisotopic (exact) mass is 296 g/mol. The van der Waals surface area contributed by atoms with E-state index in [4.69, 9.17) is 14.8 Å². The van der Waals surface area contributed by atoms with E-state index in [1.54, 1.807) is 24.3 Å². The zero-order valence-corrected chi connectivity index (χ0v) is 10.8. The molecule has 110 valence electrons. The molecule has 2 aromatic rings. The molecule has 0 bridgehead atoms. The second kappa shape index (κ2) is 6.20. The summed E-state index contributed by atoms with van der Waals surface area (Å²) in [5, 5.41) is 18.1. The third-order valence-corrected chi connectivity index (χ3v) is 2.84. The molecule has 0 aromatic heterocycles. The summed E-state index contributed by atoms with van der Waals surface area (Å²) in [5.74, 6) is 0.304. The molecule has 2 N–H and O–H groups in total. The van der Waals surface area contributed by atoms with Crippen molar-refractivity contribution >= 4 is 12.6 Å². The van der Waals surface area contributed by atoms with E-state index in [0.717, 1.165) is 12.1 Å². The van der Waals surface area contributed by atoms with Crippen LogP contribution in [0.25, 0.3) is 0 Å². The zero-order chi connectivity index (χ0) is 15.5. The molecule has 0 amide bonds. The third-order valence-electron chi connectivity index (χ3n) is 2.84. The summed E-state index contributed by atoms with van der Waals surface area (Å²) < 4.78 is 42.6. The van der Waals surface area contributed by atoms with Crippen molar-refractivity contribution in [3.63, 3.8) is 0 Å². The molecule has 21 heavy (non-hydrogen) atoms. The molecule has 0 aliphatic heterocycles. The molecule has 2 aromatic carbocycles. The lowest BCUT2D eigenvalue weighted by Crippen LogP contribution is -2.29. The lowest BCUT2D eigenvalue weighted by molar-refractivity contribution is -0.137. The topological polar surface area (TPSA) is 49.7 Å². The molecule has 0 radical (unpaired) electrons. The van der Waals surface area contributed by atoms with Crippen LogP contribution >= 0.6 is 0 Å². The first-order chi connectivity index (χ1) is 9.86. The fourth-order valence-corrected chi connectivity index (χ4v) is 1.75. The Kier molecular flexibility index (Phi) is 4.54. The minimum Gasteiger partial charge on any atom is -0.489 e. The van der Waals surface area contributed by atoms with Crippen molar-refractivity contribution in [1.29, 1.82) is 0 Å². The Labute approximate surface area is 119 Å². The van der Waals surface area contributed by atoms with Crippen molar-refractivity contribution in [1.82, 2.24) is 0 Å². The minimum absolute atomic E-state index is 0.117. The van der Waals surface area contributed by atoms with Crippen LogP contribution < -0.4 is 10.2 Å². The number of benzene rings is 2. The van der Waals surface area contributed by atoms with E-state index in [2.05, 4.69) is 0 Å². The average Bonchev–Trinajstić information content (AvgIpc) is 2.45. The van der Waals surface area contributed by atoms with E-state index in [-0.39, 0.29) is 6.61 Å². The summed E-state index contributed by atoms with van der Waals surface area (Å²) in [6.07, 6.45) is -4.37. The molecule has 2 rings (SSSR count). The van der Waals surface area contributed by atoms with E-state index in [0.29, 0.717) is 16.8 Å². The lowest BCUT2D eigenvalue weighted by atomic mass is 9.80. The van der Waals surface area contributed by atoms with Gasteiger partial charge in [0.15, 0.2) is 0 Å². The highest BCUT2D eigenvalue weighted by Gasteiger charge is 2.29. The van der Waals surface area contributed by atoms with Crippen molar-refractivity contribution in [3.8, 4) is 5.75 Å². The van der Waals surface area contributed by atoms with E-state index in [1.807, 2.05) is 0 Å². The summed E-state index contributed by atoms with van der Waals surface area (Å²) in [7, 11) is -1.57. The first-order valence-corrected chi connectivity index (χ1v) is 6.11. The van der Waals surface area contributed by atoms with Gasteiger partial charge in [-0.3, -0.25) is 0 Å². The van der Waals surface area contributed by atoms with Crippen molar-refractivity contribution < 1.29 is 28.0 Å². The molecular formula is C14H12BF3O3. The first-order valence-electron chi connectivity index (χ1n) is 6.11. The molecule has 0 aliphatic rings. The lowest BCUT2D eigenvalue weighted by Gasteiger charge is -2.10. The normalized spacial score (nSPS) is 11.3. The molecule has 0 aliphatic carbocycles. The van der Waals surface area contributed by atoms with Crippen molar-refractivity contribution in [2.45, 2.75) is 12.8 Å². The highest BCUT2D eigenvalue weighted by Crippen LogP contribution is 2.30. The predicted octanol–water partition coefficient (Wildman–Crippen LogP) is 1.96. The van der Waals surface area contributed by atoms with Gasteiger partial charge < -0.3 is 14.8 Å². The molecule has 0 fully saturated rings. The number of alkyl halides is 3. The van der Waals surface area contributed by atoms with Gasteiger partial charge in [0.25, 0.3) is 0 Å². The molecule has 3 nitrogen and oxygen atoms in total. The molecule has 0 atom stereocenters. The van der Waals surface area contributed by atoms with Gasteiger partial charge >= 0.3 is 13.3 Å². The van der Waals surface area contributed by atoms with Gasteiger partial charge in [0.05, 0.1) is 5.56 Å². The second-order valence-corrected chi connectivity index (χ2v) is 4.43. The van der Waals surface area contributed by atoms with E-state index in [1.165, 1.54) is 12.1 Å². The molecule has 0 saturated carbocycles. The Balaban J connectivity index is 2.01. The maximum absolute atomic E-state index is 12.4. The van der Waals surface area contributed by atoms with Crippen LogP contribution in [0.15, 0.2) is 48.5 Å². The average molecular weight is 296 g/mol. The van der Waals surface area contributed by atoms with Gasteiger partial charge in [0.2, 0.25) is 0 Å². The highest BCUT2D eigenvalue weighted by atomic mass is 19.4. The second-order valence-electron chi connectivity index (χ2n) is 4.43. The van der Waals surface area contributed by atoms with Crippen molar-refractivity contribution in [3.05, 3.63) is 59.7 Å². The highest BCUT2D eigenvalue weighted by molar-refractivity contribution is 6.58. The van der Waals surface area contributed by atoms with Gasteiger partial charge in [-0.05, 0) is 35.3 Å². The SMILES string of the molecule is OB(O)c1cccc(COc2ccc(C(F)(F)F)cc2)c1. The van der Waals surface area contributed by atoms with Crippen LogP contribution in [0.1, 0.15) is 11.1 Å². The standard InChI is InChI=1S/C14H12BF3O3/c16-14(17,18)11-4-6-13(7-5-11)21-9-10-2-1-3-12(8-10)15(19)20/h1-8,19-20H,9H2. The Morgan fingerprint density at radius 2 is 1.67 bits per heavy atom. The summed E-state index contributed by atoms with van der Waals surface area (Å²) >= 11 is 0. The van der Waals surface area contributed by atoms with Gasteiger partial charge in [-0.1, -0.05) is 24.3 Å².